The summed E-state index contributed by atoms with van der Waals surface area (Å²) in [6.45, 7) is 1.91. The van der Waals surface area contributed by atoms with E-state index in [9.17, 15) is 0 Å². The number of nitrogens with zero attached hydrogens (tertiary/aromatic N) is 1. The van der Waals surface area contributed by atoms with Crippen LogP contribution in [0, 0.1) is 0 Å². The maximum atomic E-state index is 5.35. The molecule has 1 aliphatic heterocycles. The molecule has 0 bridgehead atoms. The minimum atomic E-state index is 0.588. The summed E-state index contributed by atoms with van der Waals surface area (Å²) in [5.41, 5.74) is 6.31. The molecule has 0 aromatic heterocycles. The molecule has 1 heterocycles. The molecule has 0 atom stereocenters. The van der Waals surface area contributed by atoms with Gasteiger partial charge in [0, 0.05) is 13.0 Å². The van der Waals surface area contributed by atoms with E-state index < -0.39 is 0 Å². The van der Waals surface area contributed by atoms with Crippen molar-refractivity contribution in [1.82, 2.24) is 4.99 Å². The van der Waals surface area contributed by atoms with E-state index in [-0.39, 0.29) is 0 Å². The van der Waals surface area contributed by atoms with Gasteiger partial charge in [-0.3, -0.25) is 5.73 Å². The summed E-state index contributed by atoms with van der Waals surface area (Å²) in [4.78, 5) is 3.95. The van der Waals surface area contributed by atoms with Crippen LogP contribution in [0.4, 0.5) is 0 Å². The molecular formula is C6H8N2+. The van der Waals surface area contributed by atoms with E-state index in [0.29, 0.717) is 5.84 Å². The summed E-state index contributed by atoms with van der Waals surface area (Å²) >= 11 is 0. The second-order valence-electron chi connectivity index (χ2n) is 1.70. The lowest BCUT2D eigenvalue weighted by atomic mass is 10.3. The minimum absolute atomic E-state index is 0.588. The fourth-order valence-corrected chi connectivity index (χ4v) is 0.564. The van der Waals surface area contributed by atoms with Gasteiger partial charge in [0.25, 0.3) is 0 Å². The van der Waals surface area contributed by atoms with Crippen molar-refractivity contribution in [2.45, 2.75) is 6.92 Å². The maximum Gasteiger partial charge on any atom is 0.314 e. The number of hydrogen-bond donors (Lipinski definition) is 1. The van der Waals surface area contributed by atoms with E-state index in [4.69, 9.17) is 5.73 Å². The number of aliphatic imine (C=N–C) groups is 1. The summed E-state index contributed by atoms with van der Waals surface area (Å²) in [6, 6.07) is 0. The molecule has 0 unspecified atom stereocenters. The van der Waals surface area contributed by atoms with Crippen molar-refractivity contribution in [3.05, 3.63) is 23.9 Å². The topological polar surface area (TPSA) is 40.1 Å². The fraction of sp³-hybridized carbons (Fsp3) is 0.167. The number of amidine groups is 1. The highest BCUT2D eigenvalue weighted by Gasteiger charge is 2.00. The summed E-state index contributed by atoms with van der Waals surface area (Å²) in [6.07, 6.45) is 5.57. The first kappa shape index (κ1) is 5.09. The molecule has 0 aromatic rings. The third kappa shape index (κ3) is 0.964. The molecule has 8 heavy (non-hydrogen) atoms. The van der Waals surface area contributed by atoms with Crippen molar-refractivity contribution >= 4 is 5.84 Å². The van der Waals surface area contributed by atoms with Gasteiger partial charge in [0.05, 0.1) is 0 Å². The van der Waals surface area contributed by atoms with E-state index >= 15 is 0 Å². The van der Waals surface area contributed by atoms with Gasteiger partial charge in [-0.05, 0) is 17.1 Å². The van der Waals surface area contributed by atoms with Gasteiger partial charge in [-0.2, -0.15) is 0 Å². The lowest BCUT2D eigenvalue weighted by Gasteiger charge is -1.85. The van der Waals surface area contributed by atoms with Crippen LogP contribution in [0.2, 0.25) is 0 Å². The Bertz CT molecular complexity index is 172. The monoisotopic (exact) mass is 108 g/mol. The maximum absolute atomic E-state index is 5.35. The first-order valence-corrected chi connectivity index (χ1v) is 2.48. The van der Waals surface area contributed by atoms with Gasteiger partial charge in [-0.15, -0.1) is 0 Å². The fourth-order valence-electron chi connectivity index (χ4n) is 0.564. The molecule has 0 saturated heterocycles. The number of allylic oxidation sites excluding steroid dienone is 3. The molecule has 0 amide bonds. The summed E-state index contributed by atoms with van der Waals surface area (Å²) < 4.78 is 0. The molecule has 41 valence electrons. The highest BCUT2D eigenvalue weighted by atomic mass is 14.9. The van der Waals surface area contributed by atoms with Gasteiger partial charge >= 0.3 is 5.84 Å². The average Bonchev–Trinajstić information content (AvgIpc) is 1.64. The highest BCUT2D eigenvalue weighted by Crippen LogP contribution is 1.90. The van der Waals surface area contributed by atoms with E-state index in [2.05, 4.69) is 4.99 Å². The Morgan fingerprint density at radius 1 is 1.62 bits per heavy atom. The van der Waals surface area contributed by atoms with Crippen LogP contribution >= 0.6 is 0 Å². The molecule has 0 spiro atoms. The van der Waals surface area contributed by atoms with Crippen LogP contribution in [0.15, 0.2) is 23.9 Å². The molecule has 2 heteroatoms. The van der Waals surface area contributed by atoms with E-state index in [1.165, 1.54) is 0 Å². The predicted octanol–water partition coefficient (Wildman–Crippen LogP) is 0.153. The van der Waals surface area contributed by atoms with Crippen molar-refractivity contribution in [3.8, 4) is 0 Å². The standard InChI is InChI=1S/C6H8N2/c1-5-3-2-4-6(7)8-5/h2-4H,7H2,1H3/q+1. The Morgan fingerprint density at radius 3 is 2.75 bits per heavy atom. The van der Waals surface area contributed by atoms with Crippen molar-refractivity contribution in [3.63, 3.8) is 0 Å². The van der Waals surface area contributed by atoms with Crippen molar-refractivity contribution in [1.29, 1.82) is 0 Å². The van der Waals surface area contributed by atoms with Gasteiger partial charge in [0.1, 0.15) is 5.70 Å². The molecule has 1 rings (SSSR count). The minimum Gasteiger partial charge on any atom is -0.284 e. The summed E-state index contributed by atoms with van der Waals surface area (Å²) in [5, 5.41) is 0. The smallest absolute Gasteiger partial charge is 0.284 e. The van der Waals surface area contributed by atoms with Gasteiger partial charge in [-0.25, -0.2) is 0 Å². The second-order valence-corrected chi connectivity index (χ2v) is 1.70. The third-order valence-electron chi connectivity index (χ3n) is 0.910. The molecular weight excluding hydrogens is 100 g/mol. The van der Waals surface area contributed by atoms with Crippen molar-refractivity contribution in [2.24, 2.45) is 5.73 Å². The third-order valence-corrected chi connectivity index (χ3v) is 0.910. The number of hydrogen-bond acceptors (Lipinski definition) is 2. The lowest BCUT2D eigenvalue weighted by Crippen LogP contribution is -2.16. The van der Waals surface area contributed by atoms with Crippen LogP contribution in [-0.4, -0.2) is 5.84 Å². The van der Waals surface area contributed by atoms with Crippen LogP contribution in [0.5, 0.6) is 0 Å². The van der Waals surface area contributed by atoms with Crippen LogP contribution < -0.4 is 10.7 Å². The second kappa shape index (κ2) is 1.82. The normalized spacial score (nSPS) is 17.6. The Balaban J connectivity index is 2.89. The lowest BCUT2D eigenvalue weighted by molar-refractivity contribution is 1.16. The summed E-state index contributed by atoms with van der Waals surface area (Å²) in [5.74, 6) is 0.588. The first-order chi connectivity index (χ1) is 3.79. The largest absolute Gasteiger partial charge is 0.314 e. The quantitative estimate of drug-likeness (QED) is 0.471. The SMILES string of the molecule is CC1=CC=CC(N)=[N+]1. The Labute approximate surface area is 48.4 Å². The van der Waals surface area contributed by atoms with Gasteiger partial charge in [0.15, 0.2) is 0 Å². The zero-order chi connectivity index (χ0) is 5.98. The number of rotatable bonds is 0. The zero-order valence-corrected chi connectivity index (χ0v) is 4.76. The molecule has 2 N–H and O–H groups in total. The van der Waals surface area contributed by atoms with Crippen molar-refractivity contribution in [2.75, 3.05) is 0 Å². The van der Waals surface area contributed by atoms with Crippen molar-refractivity contribution < 1.29 is 0 Å². The van der Waals surface area contributed by atoms with E-state index in [1.54, 1.807) is 6.08 Å². The zero-order valence-electron chi connectivity index (χ0n) is 4.76. The summed E-state index contributed by atoms with van der Waals surface area (Å²) in [7, 11) is 0. The van der Waals surface area contributed by atoms with Crippen LogP contribution in [0.25, 0.3) is 0 Å². The van der Waals surface area contributed by atoms with Gasteiger partial charge in [-0.1, -0.05) is 0 Å². The molecule has 0 saturated carbocycles. The van der Waals surface area contributed by atoms with Gasteiger partial charge in [0.2, 0.25) is 0 Å². The average molecular weight is 108 g/mol. The van der Waals surface area contributed by atoms with Gasteiger partial charge < -0.3 is 0 Å². The number of nitrogens with two attached hydrogens (primary N) is 1. The molecule has 1 radical (unpaired) electrons. The molecule has 1 aliphatic rings. The predicted molar refractivity (Wildman–Crippen MR) is 34.2 cm³/mol. The Morgan fingerprint density at radius 2 is 2.38 bits per heavy atom. The van der Waals surface area contributed by atoms with E-state index in [0.717, 1.165) is 5.70 Å². The molecule has 0 fully saturated rings. The molecule has 0 aromatic carbocycles. The van der Waals surface area contributed by atoms with Crippen LogP contribution in [0.1, 0.15) is 6.92 Å². The Kier molecular flexibility index (Phi) is 1.16. The van der Waals surface area contributed by atoms with Crippen LogP contribution in [0.3, 0.4) is 0 Å². The van der Waals surface area contributed by atoms with Crippen LogP contribution in [-0.2, 0) is 0 Å². The molecule has 2 nitrogen and oxygen atoms in total. The first-order valence-electron chi connectivity index (χ1n) is 2.48. The molecule has 0 aliphatic carbocycles. The Hall–Kier alpha value is -1.05. The highest BCUT2D eigenvalue weighted by molar-refractivity contribution is 5.92. The van der Waals surface area contributed by atoms with E-state index in [1.807, 2.05) is 19.1 Å².